The Hall–Kier alpha value is -2.12. The smallest absolute Gasteiger partial charge is 0.0503 e. The van der Waals surface area contributed by atoms with Gasteiger partial charge in [-0.05, 0) is 137 Å². The highest BCUT2D eigenvalue weighted by Crippen LogP contribution is 2.30. The van der Waals surface area contributed by atoms with Crippen molar-refractivity contribution in [3.05, 3.63) is 94.1 Å². The summed E-state index contributed by atoms with van der Waals surface area (Å²) in [6.45, 7) is 6.33. The van der Waals surface area contributed by atoms with Crippen molar-refractivity contribution in [3.63, 3.8) is 0 Å². The Morgan fingerprint density at radius 1 is 0.537 bits per heavy atom. The molecule has 4 rings (SSSR count). The molecule has 224 valence electrons. The van der Waals surface area contributed by atoms with Crippen molar-refractivity contribution in [1.29, 1.82) is 0 Å². The number of benzene rings is 2. The summed E-state index contributed by atoms with van der Waals surface area (Å²) < 4.78 is 6.09. The van der Waals surface area contributed by atoms with Gasteiger partial charge in [-0.1, -0.05) is 98.5 Å². The quantitative estimate of drug-likeness (QED) is 0.131. The maximum Gasteiger partial charge on any atom is 0.0503 e. The molecule has 41 heavy (non-hydrogen) atoms. The average molecular weight is 555 g/mol. The molecule has 0 bridgehead atoms. The lowest BCUT2D eigenvalue weighted by Crippen LogP contribution is -2.10. The summed E-state index contributed by atoms with van der Waals surface area (Å²) in [5.41, 5.74) is 9.30. The van der Waals surface area contributed by atoms with Crippen LogP contribution in [0.5, 0.6) is 0 Å². The van der Waals surface area contributed by atoms with Crippen LogP contribution in [0, 0.1) is 11.8 Å². The highest BCUT2D eigenvalue weighted by Gasteiger charge is 2.16. The van der Waals surface area contributed by atoms with E-state index in [2.05, 4.69) is 74.5 Å². The molecule has 2 atom stereocenters. The molecule has 0 aliphatic heterocycles. The SMILES string of the molecule is CCCCc1ccc(CCC2CC=C(CCOCCC3=CCC(CCc4ccc(CCCC)cc4)CC3)CC2)cc1. The predicted molar refractivity (Wildman–Crippen MR) is 178 cm³/mol. The third kappa shape index (κ3) is 12.0. The van der Waals surface area contributed by atoms with E-state index in [1.165, 1.54) is 125 Å². The van der Waals surface area contributed by atoms with E-state index >= 15 is 0 Å². The zero-order chi connectivity index (χ0) is 28.5. The molecule has 2 aromatic rings. The fourth-order valence-electron chi connectivity index (χ4n) is 6.62. The molecular weight excluding hydrogens is 496 g/mol. The minimum absolute atomic E-state index is 0.859. The van der Waals surface area contributed by atoms with Gasteiger partial charge in [-0.15, -0.1) is 0 Å². The zero-order valence-corrected chi connectivity index (χ0v) is 26.5. The van der Waals surface area contributed by atoms with Gasteiger partial charge in [-0.3, -0.25) is 0 Å². The van der Waals surface area contributed by atoms with Crippen LogP contribution in [0.15, 0.2) is 71.8 Å². The van der Waals surface area contributed by atoms with Gasteiger partial charge in [0, 0.05) is 0 Å². The molecule has 2 unspecified atom stereocenters. The van der Waals surface area contributed by atoms with Gasteiger partial charge in [-0.2, -0.15) is 0 Å². The Kier molecular flexibility index (Phi) is 14.3. The number of ether oxygens (including phenoxy) is 1. The molecule has 0 heterocycles. The van der Waals surface area contributed by atoms with E-state index in [9.17, 15) is 0 Å². The topological polar surface area (TPSA) is 9.23 Å². The van der Waals surface area contributed by atoms with Crippen molar-refractivity contribution >= 4 is 0 Å². The van der Waals surface area contributed by atoms with Gasteiger partial charge in [0.25, 0.3) is 0 Å². The summed E-state index contributed by atoms with van der Waals surface area (Å²) >= 11 is 0. The van der Waals surface area contributed by atoms with Crippen molar-refractivity contribution in [3.8, 4) is 0 Å². The van der Waals surface area contributed by atoms with Crippen LogP contribution in [-0.4, -0.2) is 13.2 Å². The zero-order valence-electron chi connectivity index (χ0n) is 26.5. The highest BCUT2D eigenvalue weighted by molar-refractivity contribution is 5.24. The Morgan fingerprint density at radius 2 is 0.927 bits per heavy atom. The predicted octanol–water partition coefficient (Wildman–Crippen LogP) is 11.2. The second kappa shape index (κ2) is 18.4. The first-order chi connectivity index (χ1) is 20.2. The fourth-order valence-corrected chi connectivity index (χ4v) is 6.62. The van der Waals surface area contributed by atoms with Gasteiger partial charge in [-0.25, -0.2) is 0 Å². The van der Waals surface area contributed by atoms with Crippen LogP contribution < -0.4 is 0 Å². The number of unbranched alkanes of at least 4 members (excludes halogenated alkanes) is 2. The maximum absolute atomic E-state index is 6.09. The number of allylic oxidation sites excluding steroid dienone is 2. The number of aryl methyl sites for hydroxylation is 4. The number of hydrogen-bond acceptors (Lipinski definition) is 1. The van der Waals surface area contributed by atoms with E-state index in [1.807, 2.05) is 0 Å². The van der Waals surface area contributed by atoms with Crippen molar-refractivity contribution in [2.45, 2.75) is 129 Å². The average Bonchev–Trinajstić information content (AvgIpc) is 3.03. The molecule has 0 radical (unpaired) electrons. The Balaban J connectivity index is 1.02. The standard InChI is InChI=1S/C40H58O/c1-3-5-7-33-9-13-35(14-10-33)17-19-37-21-25-39(26-22-37)29-31-41-32-30-40-27-23-38(24-28-40)20-18-36-15-11-34(12-16-36)8-6-4-2/h9-16,25,27,37-38H,3-8,17-24,26,28-32H2,1-2H3. The lowest BCUT2D eigenvalue weighted by molar-refractivity contribution is 0.138. The van der Waals surface area contributed by atoms with Crippen molar-refractivity contribution < 1.29 is 4.74 Å². The van der Waals surface area contributed by atoms with Crippen LogP contribution in [-0.2, 0) is 30.4 Å². The van der Waals surface area contributed by atoms with E-state index < -0.39 is 0 Å². The molecule has 1 heteroatoms. The van der Waals surface area contributed by atoms with Crippen LogP contribution in [0.4, 0.5) is 0 Å². The second-order valence-electron chi connectivity index (χ2n) is 13.0. The minimum atomic E-state index is 0.859. The number of rotatable bonds is 18. The van der Waals surface area contributed by atoms with Crippen LogP contribution in [0.2, 0.25) is 0 Å². The van der Waals surface area contributed by atoms with Gasteiger partial charge in [0.2, 0.25) is 0 Å². The van der Waals surface area contributed by atoms with Crippen LogP contribution in [0.1, 0.15) is 126 Å². The van der Waals surface area contributed by atoms with Gasteiger partial charge in [0.1, 0.15) is 0 Å². The molecule has 0 fully saturated rings. The van der Waals surface area contributed by atoms with Crippen LogP contribution >= 0.6 is 0 Å². The summed E-state index contributed by atoms with van der Waals surface area (Å²) in [6, 6.07) is 18.9. The first-order valence-corrected chi connectivity index (χ1v) is 17.3. The molecule has 0 aromatic heterocycles. The van der Waals surface area contributed by atoms with Gasteiger partial charge >= 0.3 is 0 Å². The molecule has 1 nitrogen and oxygen atoms in total. The molecular formula is C40H58O. The maximum atomic E-state index is 6.09. The van der Waals surface area contributed by atoms with Gasteiger partial charge in [0.15, 0.2) is 0 Å². The van der Waals surface area contributed by atoms with Gasteiger partial charge in [0.05, 0.1) is 13.2 Å². The van der Waals surface area contributed by atoms with E-state index in [4.69, 9.17) is 4.74 Å². The van der Waals surface area contributed by atoms with E-state index in [0.717, 1.165) is 37.9 Å². The Labute approximate surface area is 252 Å². The third-order valence-corrected chi connectivity index (χ3v) is 9.73. The normalized spacial score (nSPS) is 19.2. The molecule has 0 spiro atoms. The first-order valence-electron chi connectivity index (χ1n) is 17.3. The monoisotopic (exact) mass is 554 g/mol. The molecule has 2 aliphatic carbocycles. The van der Waals surface area contributed by atoms with Gasteiger partial charge < -0.3 is 4.74 Å². The van der Waals surface area contributed by atoms with E-state index in [0.29, 0.717) is 0 Å². The largest absolute Gasteiger partial charge is 0.381 e. The van der Waals surface area contributed by atoms with Crippen molar-refractivity contribution in [2.75, 3.05) is 13.2 Å². The lowest BCUT2D eigenvalue weighted by atomic mass is 9.84. The van der Waals surface area contributed by atoms with Crippen LogP contribution in [0.25, 0.3) is 0 Å². The summed E-state index contributed by atoms with van der Waals surface area (Å²) in [5, 5.41) is 0. The van der Waals surface area contributed by atoms with E-state index in [-0.39, 0.29) is 0 Å². The summed E-state index contributed by atoms with van der Waals surface area (Å²) in [7, 11) is 0. The summed E-state index contributed by atoms with van der Waals surface area (Å²) in [4.78, 5) is 0. The fraction of sp³-hybridized carbons (Fsp3) is 0.600. The van der Waals surface area contributed by atoms with Crippen molar-refractivity contribution in [2.24, 2.45) is 11.8 Å². The van der Waals surface area contributed by atoms with Crippen LogP contribution in [0.3, 0.4) is 0 Å². The summed E-state index contributed by atoms with van der Waals surface area (Å²) in [5.74, 6) is 1.72. The lowest BCUT2D eigenvalue weighted by Gasteiger charge is -2.23. The van der Waals surface area contributed by atoms with E-state index in [1.54, 1.807) is 11.1 Å². The first kappa shape index (κ1) is 31.8. The Bertz CT molecular complexity index is 956. The third-order valence-electron chi connectivity index (χ3n) is 9.73. The molecule has 2 aliphatic rings. The number of hydrogen-bond donors (Lipinski definition) is 0. The second-order valence-corrected chi connectivity index (χ2v) is 13.0. The minimum Gasteiger partial charge on any atom is -0.381 e. The molecule has 0 saturated heterocycles. The molecule has 0 saturated carbocycles. The molecule has 2 aromatic carbocycles. The molecule has 0 N–H and O–H groups in total. The van der Waals surface area contributed by atoms with Crippen molar-refractivity contribution in [1.82, 2.24) is 0 Å². The molecule has 0 amide bonds. The highest BCUT2D eigenvalue weighted by atomic mass is 16.5. The Morgan fingerprint density at radius 3 is 1.27 bits per heavy atom. The summed E-state index contributed by atoms with van der Waals surface area (Å²) in [6.07, 6.45) is 27.9.